The van der Waals surface area contributed by atoms with Gasteiger partial charge in [0.05, 0.1) is 6.33 Å². The number of nitrogens with zero attached hydrogens (tertiary/aromatic N) is 2. The molecule has 14 heavy (non-hydrogen) atoms. The molecule has 0 N–H and O–H groups in total. The Bertz CT molecular complexity index is 372. The third-order valence-corrected chi connectivity index (χ3v) is 2.22. The summed E-state index contributed by atoms with van der Waals surface area (Å²) in [6.07, 6.45) is 3.27. The second kappa shape index (κ2) is 3.56. The van der Waals surface area contributed by atoms with Crippen LogP contribution >= 0.6 is 0 Å². The van der Waals surface area contributed by atoms with Crippen LogP contribution in [0.15, 0.2) is 17.3 Å². The van der Waals surface area contributed by atoms with E-state index in [1.165, 1.54) is 0 Å². The molecule has 1 rings (SSSR count). The molecule has 0 fully saturated rings. The molecule has 0 amide bonds. The molecule has 0 aliphatic heterocycles. The Morgan fingerprint density at radius 3 is 2.36 bits per heavy atom. The van der Waals surface area contributed by atoms with Crippen molar-refractivity contribution >= 4 is 0 Å². The SMILES string of the molecule is CC(C)n1cncc(C(C)(C)C)c1=O. The summed E-state index contributed by atoms with van der Waals surface area (Å²) in [6.45, 7) is 10.0. The third kappa shape index (κ3) is 2.03. The van der Waals surface area contributed by atoms with Gasteiger partial charge in [0.25, 0.3) is 5.56 Å². The van der Waals surface area contributed by atoms with Gasteiger partial charge in [0, 0.05) is 17.8 Å². The van der Waals surface area contributed by atoms with E-state index in [4.69, 9.17) is 0 Å². The second-order valence-electron chi connectivity index (χ2n) is 4.86. The van der Waals surface area contributed by atoms with Crippen LogP contribution in [0.2, 0.25) is 0 Å². The zero-order chi connectivity index (χ0) is 10.9. The molecule has 0 bridgehead atoms. The summed E-state index contributed by atoms with van der Waals surface area (Å²) >= 11 is 0. The first-order chi connectivity index (χ1) is 6.34. The van der Waals surface area contributed by atoms with E-state index in [0.29, 0.717) is 0 Å². The molecule has 3 nitrogen and oxygen atoms in total. The van der Waals surface area contributed by atoms with Gasteiger partial charge in [-0.15, -0.1) is 0 Å². The van der Waals surface area contributed by atoms with Gasteiger partial charge >= 0.3 is 0 Å². The van der Waals surface area contributed by atoms with Gasteiger partial charge in [0.15, 0.2) is 0 Å². The summed E-state index contributed by atoms with van der Waals surface area (Å²) in [7, 11) is 0. The highest BCUT2D eigenvalue weighted by Crippen LogP contribution is 2.17. The average Bonchev–Trinajstić information content (AvgIpc) is 2.01. The highest BCUT2D eigenvalue weighted by molar-refractivity contribution is 5.15. The molecule has 1 heterocycles. The summed E-state index contributed by atoms with van der Waals surface area (Å²) < 4.78 is 1.67. The van der Waals surface area contributed by atoms with E-state index in [0.717, 1.165) is 5.56 Å². The van der Waals surface area contributed by atoms with Crippen LogP contribution in [0.5, 0.6) is 0 Å². The number of aromatic nitrogens is 2. The average molecular weight is 194 g/mol. The number of rotatable bonds is 1. The predicted molar refractivity (Wildman–Crippen MR) is 57.6 cm³/mol. The second-order valence-corrected chi connectivity index (χ2v) is 4.86. The van der Waals surface area contributed by atoms with Gasteiger partial charge in [-0.3, -0.25) is 9.36 Å². The molecule has 3 heteroatoms. The molecule has 78 valence electrons. The lowest BCUT2D eigenvalue weighted by Crippen LogP contribution is -2.31. The zero-order valence-corrected chi connectivity index (χ0v) is 9.53. The Hall–Kier alpha value is -1.12. The summed E-state index contributed by atoms with van der Waals surface area (Å²) in [6, 6.07) is 0.164. The third-order valence-electron chi connectivity index (χ3n) is 2.22. The van der Waals surface area contributed by atoms with Crippen LogP contribution in [-0.2, 0) is 5.41 Å². The van der Waals surface area contributed by atoms with E-state index in [-0.39, 0.29) is 17.0 Å². The van der Waals surface area contributed by atoms with Gasteiger partial charge in [-0.1, -0.05) is 20.8 Å². The van der Waals surface area contributed by atoms with Crippen LogP contribution in [0.25, 0.3) is 0 Å². The molecule has 0 spiro atoms. The fraction of sp³-hybridized carbons (Fsp3) is 0.636. The quantitative estimate of drug-likeness (QED) is 0.686. The molecule has 0 radical (unpaired) electrons. The first-order valence-corrected chi connectivity index (χ1v) is 4.90. The van der Waals surface area contributed by atoms with E-state index in [2.05, 4.69) is 4.98 Å². The monoisotopic (exact) mass is 194 g/mol. The fourth-order valence-corrected chi connectivity index (χ4v) is 1.31. The van der Waals surface area contributed by atoms with Gasteiger partial charge in [-0.05, 0) is 19.3 Å². The van der Waals surface area contributed by atoms with Crippen molar-refractivity contribution in [2.45, 2.75) is 46.1 Å². The highest BCUT2D eigenvalue weighted by Gasteiger charge is 2.19. The standard InChI is InChI=1S/C11H18N2O/c1-8(2)13-7-12-6-9(10(13)14)11(3,4)5/h6-8H,1-5H3. The molecular formula is C11H18N2O. The van der Waals surface area contributed by atoms with Gasteiger partial charge in [-0.2, -0.15) is 0 Å². The fourth-order valence-electron chi connectivity index (χ4n) is 1.31. The Kier molecular flexibility index (Phi) is 2.79. The Morgan fingerprint density at radius 1 is 1.36 bits per heavy atom. The van der Waals surface area contributed by atoms with Crippen molar-refractivity contribution in [1.29, 1.82) is 0 Å². The number of hydrogen-bond acceptors (Lipinski definition) is 2. The van der Waals surface area contributed by atoms with E-state index in [1.54, 1.807) is 17.1 Å². The van der Waals surface area contributed by atoms with Crippen LogP contribution in [0.1, 0.15) is 46.2 Å². The van der Waals surface area contributed by atoms with Gasteiger partial charge in [-0.25, -0.2) is 4.98 Å². The van der Waals surface area contributed by atoms with Crippen LogP contribution in [-0.4, -0.2) is 9.55 Å². The minimum Gasteiger partial charge on any atom is -0.296 e. The maximum atomic E-state index is 12.0. The lowest BCUT2D eigenvalue weighted by Gasteiger charge is -2.19. The van der Waals surface area contributed by atoms with Crippen molar-refractivity contribution in [1.82, 2.24) is 9.55 Å². The van der Waals surface area contributed by atoms with Crippen LogP contribution < -0.4 is 5.56 Å². The first kappa shape index (κ1) is 11.0. The molecule has 0 unspecified atom stereocenters. The van der Waals surface area contributed by atoms with Gasteiger partial charge < -0.3 is 0 Å². The zero-order valence-electron chi connectivity index (χ0n) is 9.53. The van der Waals surface area contributed by atoms with E-state index < -0.39 is 0 Å². The van der Waals surface area contributed by atoms with Crippen molar-refractivity contribution in [2.75, 3.05) is 0 Å². The molecule has 0 saturated carbocycles. The first-order valence-electron chi connectivity index (χ1n) is 4.90. The predicted octanol–water partition coefficient (Wildman–Crippen LogP) is 2.12. The van der Waals surface area contributed by atoms with Crippen molar-refractivity contribution < 1.29 is 0 Å². The maximum Gasteiger partial charge on any atom is 0.257 e. The highest BCUT2D eigenvalue weighted by atomic mass is 16.1. The van der Waals surface area contributed by atoms with E-state index >= 15 is 0 Å². The Morgan fingerprint density at radius 2 is 1.93 bits per heavy atom. The molecule has 1 aromatic rings. The topological polar surface area (TPSA) is 34.9 Å². The van der Waals surface area contributed by atoms with Gasteiger partial charge in [0.2, 0.25) is 0 Å². The lowest BCUT2D eigenvalue weighted by molar-refractivity contribution is 0.522. The minimum absolute atomic E-state index is 0.0718. The van der Waals surface area contributed by atoms with Crippen LogP contribution in [0.3, 0.4) is 0 Å². The molecule has 0 aromatic carbocycles. The van der Waals surface area contributed by atoms with Crippen LogP contribution in [0, 0.1) is 0 Å². The van der Waals surface area contributed by atoms with Crippen LogP contribution in [0.4, 0.5) is 0 Å². The summed E-state index contributed by atoms with van der Waals surface area (Å²) in [4.78, 5) is 16.1. The molecular weight excluding hydrogens is 176 g/mol. The molecule has 0 aliphatic carbocycles. The largest absolute Gasteiger partial charge is 0.296 e. The smallest absolute Gasteiger partial charge is 0.257 e. The minimum atomic E-state index is -0.137. The maximum absolute atomic E-state index is 12.0. The Balaban J connectivity index is 3.36. The van der Waals surface area contributed by atoms with Crippen molar-refractivity contribution in [3.05, 3.63) is 28.4 Å². The van der Waals surface area contributed by atoms with Gasteiger partial charge in [0.1, 0.15) is 0 Å². The lowest BCUT2D eigenvalue weighted by atomic mass is 9.89. The number of hydrogen-bond donors (Lipinski definition) is 0. The summed E-state index contributed by atoms with van der Waals surface area (Å²) in [5, 5.41) is 0. The normalized spacial score (nSPS) is 12.1. The molecule has 0 atom stereocenters. The van der Waals surface area contributed by atoms with Crippen molar-refractivity contribution in [3.8, 4) is 0 Å². The van der Waals surface area contributed by atoms with Crippen molar-refractivity contribution in [2.24, 2.45) is 0 Å². The van der Waals surface area contributed by atoms with Crippen molar-refractivity contribution in [3.63, 3.8) is 0 Å². The molecule has 0 aliphatic rings. The summed E-state index contributed by atoms with van der Waals surface area (Å²) in [5.74, 6) is 0. The van der Waals surface area contributed by atoms with E-state index in [9.17, 15) is 4.79 Å². The van der Waals surface area contributed by atoms with E-state index in [1.807, 2.05) is 34.6 Å². The molecule has 0 saturated heterocycles. The molecule has 1 aromatic heterocycles. The Labute approximate surface area is 84.8 Å². The summed E-state index contributed by atoms with van der Waals surface area (Å²) in [5.41, 5.74) is 0.707.